The number of carbonyl (C=O) groups excluding carboxylic acids is 3. The molecular formula is C18H25N3O6S. The molecule has 0 saturated carbocycles. The zero-order valence-electron chi connectivity index (χ0n) is 16.1. The number of benzene rings is 1. The Kier molecular flexibility index (Phi) is 7.14. The van der Waals surface area contributed by atoms with Crippen molar-refractivity contribution in [2.24, 2.45) is 0 Å². The summed E-state index contributed by atoms with van der Waals surface area (Å²) >= 11 is 0. The molecule has 1 fully saturated rings. The summed E-state index contributed by atoms with van der Waals surface area (Å²) in [5.41, 5.74) is 0.452. The van der Waals surface area contributed by atoms with Gasteiger partial charge in [0.15, 0.2) is 6.10 Å². The van der Waals surface area contributed by atoms with Crippen LogP contribution in [0.15, 0.2) is 29.2 Å². The van der Waals surface area contributed by atoms with Gasteiger partial charge in [-0.05, 0) is 51.0 Å². The van der Waals surface area contributed by atoms with Crippen LogP contribution in [0.25, 0.3) is 0 Å². The second kappa shape index (κ2) is 9.16. The fourth-order valence-corrected chi connectivity index (χ4v) is 3.98. The minimum atomic E-state index is -3.98. The van der Waals surface area contributed by atoms with E-state index in [9.17, 15) is 22.8 Å². The van der Waals surface area contributed by atoms with Crippen LogP contribution < -0.4 is 10.0 Å². The van der Waals surface area contributed by atoms with Gasteiger partial charge in [0.05, 0.1) is 4.90 Å². The first-order valence-electron chi connectivity index (χ1n) is 8.99. The van der Waals surface area contributed by atoms with E-state index in [0.29, 0.717) is 18.8 Å². The molecule has 10 heteroatoms. The highest BCUT2D eigenvalue weighted by atomic mass is 32.2. The molecule has 1 heterocycles. The van der Waals surface area contributed by atoms with E-state index < -0.39 is 28.1 Å². The zero-order chi connectivity index (χ0) is 20.9. The number of hydrogen-bond donors (Lipinski definition) is 2. The molecule has 0 unspecified atom stereocenters. The summed E-state index contributed by atoms with van der Waals surface area (Å²) < 4.78 is 32.2. The molecule has 1 saturated heterocycles. The SMILES string of the molecule is CC(=O)Nc1ccc(S(=O)(=O)N[C@@H](C)C(=O)O[C@H](C)C(=O)N2CCCC2)cc1. The number of nitrogens with one attached hydrogen (secondary N) is 2. The standard InChI is InChI=1S/C18H25N3O6S/c1-12(18(24)27-13(2)17(23)21-10-4-5-11-21)20-28(25,26)16-8-6-15(7-9-16)19-14(3)22/h6-9,12-13,20H,4-5,10-11H2,1-3H3,(H,19,22)/t12-,13+/m0/s1. The number of nitrogens with zero attached hydrogens (tertiary/aromatic N) is 1. The summed E-state index contributed by atoms with van der Waals surface area (Å²) in [5, 5.41) is 2.53. The van der Waals surface area contributed by atoms with Gasteiger partial charge in [-0.2, -0.15) is 4.72 Å². The lowest BCUT2D eigenvalue weighted by atomic mass is 10.3. The predicted octanol–water partition coefficient (Wildman–Crippen LogP) is 0.866. The molecule has 2 N–H and O–H groups in total. The van der Waals surface area contributed by atoms with E-state index in [1.165, 1.54) is 45.0 Å². The lowest BCUT2D eigenvalue weighted by Crippen LogP contribution is -2.44. The van der Waals surface area contributed by atoms with Gasteiger partial charge in [-0.1, -0.05) is 0 Å². The van der Waals surface area contributed by atoms with Gasteiger partial charge >= 0.3 is 5.97 Å². The Bertz CT molecular complexity index is 831. The van der Waals surface area contributed by atoms with E-state index in [-0.39, 0.29) is 16.7 Å². The summed E-state index contributed by atoms with van der Waals surface area (Å²) in [6.45, 7) is 5.43. The smallest absolute Gasteiger partial charge is 0.324 e. The monoisotopic (exact) mass is 411 g/mol. The van der Waals surface area contributed by atoms with Crippen LogP contribution in [0.2, 0.25) is 0 Å². The Morgan fingerprint density at radius 2 is 1.64 bits per heavy atom. The maximum absolute atomic E-state index is 12.4. The van der Waals surface area contributed by atoms with Crippen molar-refractivity contribution in [3.8, 4) is 0 Å². The number of esters is 1. The number of ether oxygens (including phenoxy) is 1. The summed E-state index contributed by atoms with van der Waals surface area (Å²) in [7, 11) is -3.98. The Morgan fingerprint density at radius 3 is 2.18 bits per heavy atom. The number of carbonyl (C=O) groups is 3. The first-order chi connectivity index (χ1) is 13.1. The van der Waals surface area contributed by atoms with E-state index >= 15 is 0 Å². The van der Waals surface area contributed by atoms with Crippen LogP contribution in [-0.4, -0.2) is 56.3 Å². The molecule has 28 heavy (non-hydrogen) atoms. The van der Waals surface area contributed by atoms with Crippen LogP contribution in [-0.2, 0) is 29.1 Å². The van der Waals surface area contributed by atoms with Gasteiger partial charge in [-0.15, -0.1) is 0 Å². The molecule has 0 aliphatic carbocycles. The Labute approximate surface area is 164 Å². The fraction of sp³-hybridized carbons (Fsp3) is 0.500. The molecule has 2 rings (SSSR count). The van der Waals surface area contributed by atoms with E-state index in [2.05, 4.69) is 10.0 Å². The number of rotatable bonds is 7. The van der Waals surface area contributed by atoms with Crippen LogP contribution >= 0.6 is 0 Å². The van der Waals surface area contributed by atoms with Crippen molar-refractivity contribution < 1.29 is 27.5 Å². The van der Waals surface area contributed by atoms with Gasteiger partial charge in [0.25, 0.3) is 5.91 Å². The highest BCUT2D eigenvalue weighted by Crippen LogP contribution is 2.15. The second-order valence-electron chi connectivity index (χ2n) is 6.66. The van der Waals surface area contributed by atoms with Crippen molar-refractivity contribution in [2.45, 2.75) is 50.7 Å². The first-order valence-corrected chi connectivity index (χ1v) is 10.5. The molecule has 2 atom stereocenters. The molecule has 0 radical (unpaired) electrons. The molecule has 154 valence electrons. The lowest BCUT2D eigenvalue weighted by Gasteiger charge is -2.22. The van der Waals surface area contributed by atoms with Gasteiger partial charge in [-0.3, -0.25) is 14.4 Å². The van der Waals surface area contributed by atoms with E-state index in [0.717, 1.165) is 12.8 Å². The number of likely N-dealkylation sites (tertiary alicyclic amines) is 1. The van der Waals surface area contributed by atoms with E-state index in [4.69, 9.17) is 4.74 Å². The number of hydrogen-bond acceptors (Lipinski definition) is 6. The summed E-state index contributed by atoms with van der Waals surface area (Å²) in [5.74, 6) is -1.39. The summed E-state index contributed by atoms with van der Waals surface area (Å²) in [6.07, 6.45) is 0.863. The molecule has 0 aromatic heterocycles. The van der Waals surface area contributed by atoms with Gasteiger partial charge in [0, 0.05) is 25.7 Å². The topological polar surface area (TPSA) is 122 Å². The zero-order valence-corrected chi connectivity index (χ0v) is 16.9. The molecule has 0 spiro atoms. The predicted molar refractivity (Wildman–Crippen MR) is 102 cm³/mol. The van der Waals surface area contributed by atoms with Crippen molar-refractivity contribution in [1.82, 2.24) is 9.62 Å². The average Bonchev–Trinajstić information content (AvgIpc) is 3.15. The number of sulfonamides is 1. The van der Waals surface area contributed by atoms with Crippen LogP contribution in [0.5, 0.6) is 0 Å². The Hall–Kier alpha value is -2.46. The van der Waals surface area contributed by atoms with Crippen molar-refractivity contribution in [1.29, 1.82) is 0 Å². The quantitative estimate of drug-likeness (QED) is 0.642. The van der Waals surface area contributed by atoms with Crippen molar-refractivity contribution >= 4 is 33.5 Å². The third kappa shape index (κ3) is 5.77. The van der Waals surface area contributed by atoms with Crippen LogP contribution in [0, 0.1) is 0 Å². The summed E-state index contributed by atoms with van der Waals surface area (Å²) in [6, 6.07) is 4.33. The van der Waals surface area contributed by atoms with Crippen LogP contribution in [0.1, 0.15) is 33.6 Å². The Balaban J connectivity index is 1.95. The molecule has 1 aliphatic heterocycles. The van der Waals surface area contributed by atoms with E-state index in [1.54, 1.807) is 4.90 Å². The van der Waals surface area contributed by atoms with Crippen molar-refractivity contribution in [3.63, 3.8) is 0 Å². The van der Waals surface area contributed by atoms with Crippen molar-refractivity contribution in [2.75, 3.05) is 18.4 Å². The minimum absolute atomic E-state index is 0.0672. The largest absolute Gasteiger partial charge is 0.451 e. The maximum Gasteiger partial charge on any atom is 0.324 e. The molecular weight excluding hydrogens is 386 g/mol. The fourth-order valence-electron chi connectivity index (χ4n) is 2.79. The molecule has 1 aliphatic rings. The molecule has 2 amide bonds. The Morgan fingerprint density at radius 1 is 1.07 bits per heavy atom. The highest BCUT2D eigenvalue weighted by molar-refractivity contribution is 7.89. The molecule has 1 aromatic rings. The van der Waals surface area contributed by atoms with Crippen LogP contribution in [0.4, 0.5) is 5.69 Å². The van der Waals surface area contributed by atoms with E-state index in [1.807, 2.05) is 0 Å². The third-order valence-corrected chi connectivity index (χ3v) is 5.79. The van der Waals surface area contributed by atoms with Gasteiger partial charge in [0.1, 0.15) is 6.04 Å². The number of amides is 2. The van der Waals surface area contributed by atoms with Gasteiger partial charge in [0.2, 0.25) is 15.9 Å². The molecule has 0 bridgehead atoms. The van der Waals surface area contributed by atoms with Crippen molar-refractivity contribution in [3.05, 3.63) is 24.3 Å². The first kappa shape index (κ1) is 21.8. The maximum atomic E-state index is 12.4. The van der Waals surface area contributed by atoms with Gasteiger partial charge in [-0.25, -0.2) is 8.42 Å². The normalized spacial score (nSPS) is 16.3. The number of anilines is 1. The molecule has 1 aromatic carbocycles. The summed E-state index contributed by atoms with van der Waals surface area (Å²) in [4.78, 5) is 37.0. The average molecular weight is 411 g/mol. The third-order valence-electron chi connectivity index (χ3n) is 4.23. The lowest BCUT2D eigenvalue weighted by molar-refractivity contribution is -0.159. The van der Waals surface area contributed by atoms with Gasteiger partial charge < -0.3 is 15.0 Å². The van der Waals surface area contributed by atoms with Crippen LogP contribution in [0.3, 0.4) is 0 Å². The highest BCUT2D eigenvalue weighted by Gasteiger charge is 2.29. The molecule has 9 nitrogen and oxygen atoms in total. The second-order valence-corrected chi connectivity index (χ2v) is 8.37. The minimum Gasteiger partial charge on any atom is -0.451 e.